The van der Waals surface area contributed by atoms with Gasteiger partial charge in [-0.1, -0.05) is 18.0 Å². The van der Waals surface area contributed by atoms with Crippen molar-refractivity contribution in [2.24, 2.45) is 0 Å². The van der Waals surface area contributed by atoms with E-state index in [1.54, 1.807) is 0 Å². The van der Waals surface area contributed by atoms with Crippen LogP contribution in [0, 0.1) is 5.82 Å². The summed E-state index contributed by atoms with van der Waals surface area (Å²) in [5.41, 5.74) is 5.22. The summed E-state index contributed by atoms with van der Waals surface area (Å²) in [6, 6.07) is 2.00. The molecule has 7 heteroatoms. The average molecular weight is 321 g/mol. The Labute approximate surface area is 123 Å². The number of halogens is 2. The maximum Gasteiger partial charge on any atom is 0.246 e. The molecule has 0 bridgehead atoms. The van der Waals surface area contributed by atoms with Crippen LogP contribution in [-0.4, -0.2) is 24.8 Å². The molecule has 2 N–H and O–H groups in total. The summed E-state index contributed by atoms with van der Waals surface area (Å²) >= 11 is 5.81. The van der Waals surface area contributed by atoms with Gasteiger partial charge in [0, 0.05) is 17.1 Å². The normalized spacial score (nSPS) is 24.8. The van der Waals surface area contributed by atoms with E-state index in [-0.39, 0.29) is 22.8 Å². The first-order valence-corrected chi connectivity index (χ1v) is 8.35. The number of benzene rings is 1. The monoisotopic (exact) mass is 320 g/mol. The van der Waals surface area contributed by atoms with Crippen LogP contribution in [0.4, 0.5) is 10.1 Å². The van der Waals surface area contributed by atoms with Crippen LogP contribution in [0.5, 0.6) is 0 Å². The van der Waals surface area contributed by atoms with Crippen LogP contribution in [0.3, 0.4) is 0 Å². The standard InChI is InChI=1S/C13H18ClFN2O2S/c1-8-4-3-5-9(2)17(8)20(18,19)12-7-10(14)6-11(16)13(12)15/h6-9H,3-5,16H2,1-2H3/t8-,9+. The lowest BCUT2D eigenvalue weighted by molar-refractivity contribution is 0.204. The number of hydrogen-bond acceptors (Lipinski definition) is 3. The second-order valence-electron chi connectivity index (χ2n) is 5.27. The van der Waals surface area contributed by atoms with Crippen LogP contribution in [-0.2, 0) is 10.0 Å². The highest BCUT2D eigenvalue weighted by molar-refractivity contribution is 7.89. The molecule has 1 saturated heterocycles. The Kier molecular flexibility index (Phi) is 4.27. The minimum atomic E-state index is -3.94. The van der Waals surface area contributed by atoms with Crippen molar-refractivity contribution >= 4 is 27.3 Å². The molecule has 0 saturated carbocycles. The fourth-order valence-corrected chi connectivity index (χ4v) is 5.05. The molecule has 1 aromatic rings. The molecule has 4 nitrogen and oxygen atoms in total. The number of piperidine rings is 1. The minimum Gasteiger partial charge on any atom is -0.396 e. The van der Waals surface area contributed by atoms with Gasteiger partial charge >= 0.3 is 0 Å². The highest BCUT2D eigenvalue weighted by atomic mass is 35.5. The van der Waals surface area contributed by atoms with Gasteiger partial charge in [0.1, 0.15) is 4.90 Å². The maximum atomic E-state index is 14.1. The van der Waals surface area contributed by atoms with Gasteiger partial charge in [-0.3, -0.25) is 0 Å². The van der Waals surface area contributed by atoms with Gasteiger partial charge in [0.05, 0.1) is 5.69 Å². The van der Waals surface area contributed by atoms with Gasteiger partial charge < -0.3 is 5.73 Å². The molecule has 112 valence electrons. The lowest BCUT2D eigenvalue weighted by Gasteiger charge is -2.37. The Hall–Kier alpha value is -0.850. The Bertz CT molecular complexity index is 611. The van der Waals surface area contributed by atoms with Crippen molar-refractivity contribution in [3.63, 3.8) is 0 Å². The smallest absolute Gasteiger partial charge is 0.246 e. The van der Waals surface area contributed by atoms with Crippen LogP contribution in [0.25, 0.3) is 0 Å². The summed E-state index contributed by atoms with van der Waals surface area (Å²) in [5.74, 6) is -0.931. The summed E-state index contributed by atoms with van der Waals surface area (Å²) in [5, 5.41) is 0.111. The molecule has 0 radical (unpaired) electrons. The third kappa shape index (κ3) is 2.64. The third-order valence-corrected chi connectivity index (χ3v) is 6.05. The van der Waals surface area contributed by atoms with E-state index < -0.39 is 20.7 Å². The van der Waals surface area contributed by atoms with Crippen molar-refractivity contribution < 1.29 is 12.8 Å². The van der Waals surface area contributed by atoms with Crippen LogP contribution in [0.15, 0.2) is 17.0 Å². The Morgan fingerprint density at radius 1 is 1.30 bits per heavy atom. The molecule has 1 heterocycles. The molecule has 0 aromatic heterocycles. The molecular formula is C13H18ClFN2O2S. The largest absolute Gasteiger partial charge is 0.396 e. The second kappa shape index (κ2) is 5.50. The second-order valence-corrected chi connectivity index (χ2v) is 7.52. The van der Waals surface area contributed by atoms with Gasteiger partial charge in [0.25, 0.3) is 0 Å². The van der Waals surface area contributed by atoms with Crippen molar-refractivity contribution in [2.75, 3.05) is 5.73 Å². The predicted molar refractivity (Wildman–Crippen MR) is 77.6 cm³/mol. The Balaban J connectivity index is 2.55. The van der Waals surface area contributed by atoms with E-state index in [4.69, 9.17) is 17.3 Å². The molecule has 0 aliphatic carbocycles. The van der Waals surface area contributed by atoms with Crippen molar-refractivity contribution in [1.29, 1.82) is 0 Å². The average Bonchev–Trinajstić information content (AvgIpc) is 2.33. The topological polar surface area (TPSA) is 63.4 Å². The predicted octanol–water partition coefficient (Wildman–Crippen LogP) is 3.01. The van der Waals surface area contributed by atoms with E-state index >= 15 is 0 Å². The van der Waals surface area contributed by atoms with Crippen LogP contribution >= 0.6 is 11.6 Å². The summed E-state index contributed by atoms with van der Waals surface area (Å²) in [6.45, 7) is 3.66. The summed E-state index contributed by atoms with van der Waals surface area (Å²) in [4.78, 5) is -0.442. The number of sulfonamides is 1. The van der Waals surface area contributed by atoms with E-state index in [0.717, 1.165) is 25.3 Å². The lowest BCUT2D eigenvalue weighted by Crippen LogP contribution is -2.47. The number of nitrogens with zero attached hydrogens (tertiary/aromatic N) is 1. The van der Waals surface area contributed by atoms with E-state index in [9.17, 15) is 12.8 Å². The van der Waals surface area contributed by atoms with Gasteiger partial charge in [-0.2, -0.15) is 4.31 Å². The third-order valence-electron chi connectivity index (χ3n) is 3.70. The lowest BCUT2D eigenvalue weighted by atomic mass is 10.0. The molecule has 2 atom stereocenters. The zero-order valence-electron chi connectivity index (χ0n) is 11.4. The quantitative estimate of drug-likeness (QED) is 0.852. The molecular weight excluding hydrogens is 303 g/mol. The molecule has 1 aromatic carbocycles. The van der Waals surface area contributed by atoms with Crippen molar-refractivity contribution in [2.45, 2.75) is 50.1 Å². The van der Waals surface area contributed by atoms with E-state index in [1.807, 2.05) is 13.8 Å². The number of nitrogens with two attached hydrogens (primary N) is 1. The number of hydrogen-bond donors (Lipinski definition) is 1. The highest BCUT2D eigenvalue weighted by Gasteiger charge is 2.37. The fourth-order valence-electron chi connectivity index (χ4n) is 2.76. The van der Waals surface area contributed by atoms with Crippen molar-refractivity contribution in [3.05, 3.63) is 23.0 Å². The summed E-state index contributed by atoms with van der Waals surface area (Å²) < 4.78 is 40.9. The molecule has 0 amide bonds. The van der Waals surface area contributed by atoms with Crippen molar-refractivity contribution in [3.8, 4) is 0 Å². The van der Waals surface area contributed by atoms with Gasteiger partial charge in [0.15, 0.2) is 5.82 Å². The first kappa shape index (κ1) is 15.5. The number of anilines is 1. The Morgan fingerprint density at radius 2 is 1.85 bits per heavy atom. The van der Waals surface area contributed by atoms with Gasteiger partial charge in [0.2, 0.25) is 10.0 Å². The van der Waals surface area contributed by atoms with E-state index in [2.05, 4.69) is 0 Å². The number of nitrogen functional groups attached to an aromatic ring is 1. The van der Waals surface area contributed by atoms with Crippen LogP contribution in [0.1, 0.15) is 33.1 Å². The molecule has 20 heavy (non-hydrogen) atoms. The van der Waals surface area contributed by atoms with E-state index in [0.29, 0.717) is 0 Å². The molecule has 1 aliphatic rings. The van der Waals surface area contributed by atoms with Crippen LogP contribution in [0.2, 0.25) is 5.02 Å². The zero-order valence-corrected chi connectivity index (χ0v) is 13.0. The molecule has 1 aliphatic heterocycles. The summed E-state index contributed by atoms with van der Waals surface area (Å²) in [6.07, 6.45) is 2.50. The van der Waals surface area contributed by atoms with Crippen molar-refractivity contribution in [1.82, 2.24) is 4.31 Å². The first-order valence-electron chi connectivity index (χ1n) is 6.53. The van der Waals surface area contributed by atoms with Crippen LogP contribution < -0.4 is 5.73 Å². The van der Waals surface area contributed by atoms with Gasteiger partial charge in [-0.15, -0.1) is 0 Å². The maximum absolute atomic E-state index is 14.1. The van der Waals surface area contributed by atoms with Gasteiger partial charge in [-0.25, -0.2) is 12.8 Å². The Morgan fingerprint density at radius 3 is 2.40 bits per heavy atom. The fraction of sp³-hybridized carbons (Fsp3) is 0.538. The first-order chi connectivity index (χ1) is 9.25. The van der Waals surface area contributed by atoms with Gasteiger partial charge in [-0.05, 0) is 38.8 Å². The van der Waals surface area contributed by atoms with E-state index in [1.165, 1.54) is 10.4 Å². The molecule has 2 rings (SSSR count). The summed E-state index contributed by atoms with van der Waals surface area (Å²) in [7, 11) is -3.94. The molecule has 0 unspecified atom stereocenters. The minimum absolute atomic E-state index is 0.111. The zero-order chi connectivity index (χ0) is 15.1. The molecule has 0 spiro atoms. The SMILES string of the molecule is C[C@@H]1CCC[C@H](C)N1S(=O)(=O)c1cc(Cl)cc(N)c1F. The number of rotatable bonds is 2. The molecule has 1 fully saturated rings. The highest BCUT2D eigenvalue weighted by Crippen LogP contribution is 2.33.